The summed E-state index contributed by atoms with van der Waals surface area (Å²) in [5, 5.41) is 14.7. The Balaban J connectivity index is 1.97. The number of amides is 1. The van der Waals surface area contributed by atoms with Crippen molar-refractivity contribution in [2.24, 2.45) is 0 Å². The topological polar surface area (TPSA) is 83.6 Å². The number of halogens is 1. The summed E-state index contributed by atoms with van der Waals surface area (Å²) in [6.07, 6.45) is 0. The Bertz CT molecular complexity index is 1150. The molecule has 6 nitrogen and oxygen atoms in total. The van der Waals surface area contributed by atoms with Crippen molar-refractivity contribution < 1.29 is 23.6 Å². The normalized spacial score (nSPS) is 18.4. The van der Waals surface area contributed by atoms with Gasteiger partial charge in [-0.25, -0.2) is 4.39 Å². The molecular weight excluding hydrogens is 375 g/mol. The van der Waals surface area contributed by atoms with Gasteiger partial charge in [0, 0.05) is 17.2 Å². The van der Waals surface area contributed by atoms with Crippen molar-refractivity contribution in [2.45, 2.75) is 19.9 Å². The van der Waals surface area contributed by atoms with E-state index in [-0.39, 0.29) is 22.7 Å². The van der Waals surface area contributed by atoms with Gasteiger partial charge in [0.1, 0.15) is 17.3 Å². The lowest BCUT2D eigenvalue weighted by Gasteiger charge is -2.23. The zero-order chi connectivity index (χ0) is 20.7. The van der Waals surface area contributed by atoms with Crippen LogP contribution in [0.25, 0.3) is 5.76 Å². The third-order valence-corrected chi connectivity index (χ3v) is 4.83. The maximum atomic E-state index is 14.7. The first-order chi connectivity index (χ1) is 13.9. The average Bonchev–Trinajstić information content (AvgIpc) is 3.23. The average molecular weight is 392 g/mol. The lowest BCUT2D eigenvalue weighted by molar-refractivity contribution is -0.132. The fraction of sp³-hybridized carbons (Fsp3) is 0.136. The van der Waals surface area contributed by atoms with Crippen molar-refractivity contribution in [3.05, 3.63) is 88.4 Å². The molecule has 0 bridgehead atoms. The molecule has 1 saturated heterocycles. The van der Waals surface area contributed by atoms with Gasteiger partial charge in [-0.05, 0) is 19.9 Å². The number of ketones is 1. The van der Waals surface area contributed by atoms with E-state index in [9.17, 15) is 19.1 Å². The molecule has 0 radical (unpaired) electrons. The Hall–Kier alpha value is -3.74. The zero-order valence-corrected chi connectivity index (χ0v) is 15.7. The number of carbonyl (C=O) groups is 2. The molecule has 2 aromatic carbocycles. The Morgan fingerprint density at radius 1 is 1.10 bits per heavy atom. The van der Waals surface area contributed by atoms with Crippen molar-refractivity contribution in [3.63, 3.8) is 0 Å². The van der Waals surface area contributed by atoms with E-state index in [4.69, 9.17) is 4.52 Å². The van der Waals surface area contributed by atoms with Crippen LogP contribution < -0.4 is 4.90 Å². The smallest absolute Gasteiger partial charge is 0.301 e. The molecule has 0 aliphatic carbocycles. The highest BCUT2D eigenvalue weighted by molar-refractivity contribution is 6.51. The van der Waals surface area contributed by atoms with E-state index < -0.39 is 23.5 Å². The number of aliphatic hydroxyl groups is 1. The van der Waals surface area contributed by atoms with Gasteiger partial charge in [-0.15, -0.1) is 0 Å². The third-order valence-electron chi connectivity index (χ3n) is 4.83. The summed E-state index contributed by atoms with van der Waals surface area (Å²) >= 11 is 0. The minimum atomic E-state index is -1.18. The van der Waals surface area contributed by atoms with Gasteiger partial charge in [0.2, 0.25) is 0 Å². The van der Waals surface area contributed by atoms with E-state index >= 15 is 0 Å². The summed E-state index contributed by atoms with van der Waals surface area (Å²) in [5.74, 6) is -2.33. The number of aromatic nitrogens is 1. The fourth-order valence-corrected chi connectivity index (χ4v) is 3.39. The molecule has 3 aromatic rings. The van der Waals surface area contributed by atoms with Crippen LogP contribution in [0.3, 0.4) is 0 Å². The van der Waals surface area contributed by atoms with Crippen LogP contribution in [-0.2, 0) is 9.59 Å². The molecule has 1 aromatic heterocycles. The Labute approximate surface area is 165 Å². The number of aryl methyl sites for hydroxylation is 2. The van der Waals surface area contributed by atoms with E-state index in [1.807, 2.05) is 6.92 Å². The standard InChI is InChI=1S/C22H17FN2O4/c1-12-7-9-14(10-8-12)20(26)18-19(15-5-3-4-6-16(15)23)25(22(28)21(18)27)17-11-13(2)29-24-17/h3-11,19,26H,1-2H3/b20-18+/t19-/m1/s1. The van der Waals surface area contributed by atoms with E-state index in [2.05, 4.69) is 5.16 Å². The summed E-state index contributed by atoms with van der Waals surface area (Å²) in [4.78, 5) is 26.8. The molecule has 1 aliphatic rings. The molecule has 7 heteroatoms. The molecule has 1 N–H and O–H groups in total. The SMILES string of the molecule is Cc1ccc(/C(O)=C2\C(=O)C(=O)N(c3cc(C)on3)[C@@H]2c2ccccc2F)cc1. The number of benzene rings is 2. The number of hydrogen-bond acceptors (Lipinski definition) is 5. The predicted molar refractivity (Wildman–Crippen MR) is 104 cm³/mol. The van der Waals surface area contributed by atoms with Gasteiger partial charge >= 0.3 is 5.91 Å². The number of Topliss-reactive ketones (excluding diaryl/α,β-unsaturated/α-hetero) is 1. The summed E-state index contributed by atoms with van der Waals surface area (Å²) in [6.45, 7) is 3.52. The van der Waals surface area contributed by atoms with Crippen molar-refractivity contribution >= 4 is 23.3 Å². The molecule has 0 saturated carbocycles. The highest BCUT2D eigenvalue weighted by atomic mass is 19.1. The van der Waals surface area contributed by atoms with Crippen molar-refractivity contribution in [2.75, 3.05) is 4.90 Å². The third kappa shape index (κ3) is 3.10. The van der Waals surface area contributed by atoms with E-state index in [1.165, 1.54) is 24.3 Å². The Morgan fingerprint density at radius 3 is 2.41 bits per heavy atom. The number of aliphatic hydroxyl groups excluding tert-OH is 1. The Morgan fingerprint density at radius 2 is 1.79 bits per heavy atom. The predicted octanol–water partition coefficient (Wildman–Crippen LogP) is 4.06. The van der Waals surface area contributed by atoms with Gasteiger partial charge in [-0.1, -0.05) is 53.2 Å². The molecule has 1 aliphatic heterocycles. The van der Waals surface area contributed by atoms with Gasteiger partial charge < -0.3 is 9.63 Å². The van der Waals surface area contributed by atoms with Gasteiger partial charge in [-0.3, -0.25) is 14.5 Å². The van der Waals surface area contributed by atoms with Crippen molar-refractivity contribution in [3.8, 4) is 0 Å². The van der Waals surface area contributed by atoms with Crippen molar-refractivity contribution in [1.82, 2.24) is 5.16 Å². The lowest BCUT2D eigenvalue weighted by atomic mass is 9.94. The maximum absolute atomic E-state index is 14.7. The summed E-state index contributed by atoms with van der Waals surface area (Å²) < 4.78 is 19.7. The molecule has 0 unspecified atom stereocenters. The second-order valence-corrected chi connectivity index (χ2v) is 6.85. The molecule has 29 heavy (non-hydrogen) atoms. The van der Waals surface area contributed by atoms with E-state index in [1.54, 1.807) is 37.3 Å². The van der Waals surface area contributed by atoms with Gasteiger partial charge in [0.05, 0.1) is 11.6 Å². The van der Waals surface area contributed by atoms with Crippen LogP contribution in [0.2, 0.25) is 0 Å². The number of anilines is 1. The first-order valence-electron chi connectivity index (χ1n) is 8.94. The Kier molecular flexibility index (Phi) is 4.50. The van der Waals surface area contributed by atoms with Crippen LogP contribution in [0, 0.1) is 19.7 Å². The van der Waals surface area contributed by atoms with Crippen LogP contribution in [0.1, 0.15) is 28.5 Å². The first-order valence-corrected chi connectivity index (χ1v) is 8.94. The van der Waals surface area contributed by atoms with Crippen molar-refractivity contribution in [1.29, 1.82) is 0 Å². The fourth-order valence-electron chi connectivity index (χ4n) is 3.39. The highest BCUT2D eigenvalue weighted by Crippen LogP contribution is 2.42. The van der Waals surface area contributed by atoms with Crippen LogP contribution in [-0.4, -0.2) is 22.0 Å². The van der Waals surface area contributed by atoms with Crippen LogP contribution in [0.5, 0.6) is 0 Å². The molecule has 1 amide bonds. The van der Waals surface area contributed by atoms with E-state index in [0.29, 0.717) is 11.3 Å². The molecular formula is C22H17FN2O4. The lowest BCUT2D eigenvalue weighted by Crippen LogP contribution is -2.30. The highest BCUT2D eigenvalue weighted by Gasteiger charge is 2.48. The molecule has 2 heterocycles. The summed E-state index contributed by atoms with van der Waals surface area (Å²) in [6, 6.07) is 12.9. The molecule has 146 valence electrons. The van der Waals surface area contributed by atoms with E-state index in [0.717, 1.165) is 10.5 Å². The second-order valence-electron chi connectivity index (χ2n) is 6.85. The minimum absolute atomic E-state index is 0.0702. The first kappa shape index (κ1) is 18.6. The summed E-state index contributed by atoms with van der Waals surface area (Å²) in [5.41, 5.74) is 1.18. The molecule has 0 spiro atoms. The molecule has 1 fully saturated rings. The van der Waals surface area contributed by atoms with Gasteiger partial charge in [0.15, 0.2) is 5.82 Å². The zero-order valence-electron chi connectivity index (χ0n) is 15.7. The van der Waals surface area contributed by atoms with Crippen LogP contribution in [0.15, 0.2) is 64.7 Å². The number of hydrogen-bond donors (Lipinski definition) is 1. The van der Waals surface area contributed by atoms with Crippen LogP contribution in [0.4, 0.5) is 10.2 Å². The molecule has 1 atom stereocenters. The number of nitrogens with zero attached hydrogens (tertiary/aromatic N) is 2. The minimum Gasteiger partial charge on any atom is -0.507 e. The summed E-state index contributed by atoms with van der Waals surface area (Å²) in [7, 11) is 0. The van der Waals surface area contributed by atoms with Gasteiger partial charge in [-0.2, -0.15) is 0 Å². The van der Waals surface area contributed by atoms with Gasteiger partial charge in [0.25, 0.3) is 5.78 Å². The monoisotopic (exact) mass is 392 g/mol. The molecule has 4 rings (SSSR count). The number of rotatable bonds is 3. The largest absolute Gasteiger partial charge is 0.507 e. The maximum Gasteiger partial charge on any atom is 0.301 e. The number of carbonyl (C=O) groups excluding carboxylic acids is 2. The second kappa shape index (κ2) is 7.01. The van der Waals surface area contributed by atoms with Crippen LogP contribution >= 0.6 is 0 Å². The quantitative estimate of drug-likeness (QED) is 0.413.